The molecule has 72 valence electrons. The average molecular weight is 192 g/mol. The monoisotopic (exact) mass is 192 g/mol. The van der Waals surface area contributed by atoms with E-state index in [4.69, 9.17) is 23.5 Å². The third-order valence-electron chi connectivity index (χ3n) is 0.910. The van der Waals surface area contributed by atoms with Crippen molar-refractivity contribution in [3.05, 3.63) is 0 Å². The van der Waals surface area contributed by atoms with Crippen LogP contribution in [0, 0.1) is 0 Å². The summed E-state index contributed by atoms with van der Waals surface area (Å²) < 4.78 is 40.7. The maximum atomic E-state index is 10.6. The number of aliphatic hydroxyl groups excluding tert-OH is 1. The summed E-state index contributed by atoms with van der Waals surface area (Å²) in [6.45, 7) is -2.92. The third-order valence-corrected chi connectivity index (χ3v) is 0.910. The molecule has 5 N–H and O–H groups in total. The Hall–Kier alpha value is -0.530. The minimum atomic E-state index is -4.28. The van der Waals surface area contributed by atoms with Crippen molar-refractivity contribution in [3.63, 3.8) is 0 Å². The van der Waals surface area contributed by atoms with Gasteiger partial charge in [0.15, 0.2) is 6.26 Å². The Morgan fingerprint density at radius 2 is 1.92 bits per heavy atom. The first kappa shape index (κ1) is 4.64. The van der Waals surface area contributed by atoms with Crippen LogP contribution in [0.3, 0.4) is 0 Å². The van der Waals surface area contributed by atoms with Crippen LogP contribution in [0.2, 0.25) is 0 Å². The summed E-state index contributed by atoms with van der Waals surface area (Å²) in [6.07, 6.45) is -18.9. The molecule has 6 nitrogen and oxygen atoms in total. The van der Waals surface area contributed by atoms with E-state index in [1.807, 2.05) is 0 Å². The lowest BCUT2D eigenvalue weighted by Gasteiger charge is -2.22. The summed E-state index contributed by atoms with van der Waals surface area (Å²) in [5.74, 6) is 0. The Labute approximate surface area is 77.1 Å². The zero-order valence-electron chi connectivity index (χ0n) is 11.7. The van der Waals surface area contributed by atoms with E-state index in [1.54, 1.807) is 0 Å². The van der Waals surface area contributed by atoms with E-state index in [9.17, 15) is 15.0 Å². The second kappa shape index (κ2) is 5.18. The number of aliphatic hydroxyl groups is 5. The van der Waals surface area contributed by atoms with E-state index in [-0.39, 0.29) is 0 Å². The number of aldehydes is 1. The predicted octanol–water partition coefficient (Wildman–Crippen LogP) is -3.38. The zero-order valence-corrected chi connectivity index (χ0v) is 5.72. The van der Waals surface area contributed by atoms with Gasteiger partial charge in [0.05, 0.1) is 13.4 Å². The lowest BCUT2D eigenvalue weighted by atomic mass is 10.0. The van der Waals surface area contributed by atoms with Gasteiger partial charge in [-0.1, -0.05) is 0 Å². The van der Waals surface area contributed by atoms with Crippen LogP contribution in [0.25, 0.3) is 0 Å². The molecule has 0 saturated heterocycles. The first-order valence-electron chi connectivity index (χ1n) is 5.72. The fraction of sp³-hybridized carbons (Fsp3) is 0.833. The topological polar surface area (TPSA) is 118 Å². The molecular weight excluding hydrogens is 168 g/mol. The van der Waals surface area contributed by atoms with Gasteiger partial charge >= 0.3 is 0 Å². The van der Waals surface area contributed by atoms with Gasteiger partial charge in [-0.2, -0.15) is 0 Å². The molecular formula is C6H12O6. The molecule has 0 unspecified atom stereocenters. The van der Waals surface area contributed by atoms with Crippen LogP contribution >= 0.6 is 0 Å². The fourth-order valence-electron chi connectivity index (χ4n) is 0.343. The van der Waals surface area contributed by atoms with E-state index >= 15 is 0 Å². The Kier molecular flexibility index (Phi) is 2.00. The summed E-state index contributed by atoms with van der Waals surface area (Å²) in [5.41, 5.74) is 0. The van der Waals surface area contributed by atoms with E-state index in [1.165, 1.54) is 0 Å². The lowest BCUT2D eigenvalue weighted by molar-refractivity contribution is -0.136. The molecule has 0 rings (SSSR count). The lowest BCUT2D eigenvalue weighted by Crippen LogP contribution is -2.46. The quantitative estimate of drug-likeness (QED) is 0.290. The van der Waals surface area contributed by atoms with Crippen LogP contribution in [0.5, 0.6) is 0 Å². The number of carbonyl (C=O) groups is 1. The van der Waals surface area contributed by atoms with Gasteiger partial charge in [0, 0.05) is 0 Å². The van der Waals surface area contributed by atoms with E-state index in [0.717, 1.165) is 0 Å². The van der Waals surface area contributed by atoms with Crippen molar-refractivity contribution in [1.82, 2.24) is 0 Å². The van der Waals surface area contributed by atoms with Gasteiger partial charge in [0.25, 0.3) is 0 Å². The molecule has 0 aromatic heterocycles. The number of hydrogen-bond acceptors (Lipinski definition) is 6. The Bertz CT molecular complexity index is 339. The molecule has 0 spiro atoms. The van der Waals surface area contributed by atoms with Crippen LogP contribution < -0.4 is 0 Å². The first-order valence-corrected chi connectivity index (χ1v) is 2.65. The summed E-state index contributed by atoms with van der Waals surface area (Å²) in [4.78, 5) is 10.6. The summed E-state index contributed by atoms with van der Waals surface area (Å²) in [6, 6.07) is 0. The number of carbonyl (C=O) groups excluding carboxylic acids is 1. The van der Waals surface area contributed by atoms with E-state index in [0.29, 0.717) is 0 Å². The van der Waals surface area contributed by atoms with Gasteiger partial charge in [0.2, 0.25) is 0 Å². The molecule has 0 heterocycles. The van der Waals surface area contributed by atoms with Crippen molar-refractivity contribution >= 4 is 6.26 Å². The van der Waals surface area contributed by atoms with E-state index in [2.05, 4.69) is 0 Å². The van der Waals surface area contributed by atoms with Crippen molar-refractivity contribution in [2.45, 2.75) is 24.3 Å². The van der Waals surface area contributed by atoms with Crippen LogP contribution in [-0.4, -0.2) is 62.7 Å². The normalized spacial score (nSPS) is 41.4. The molecule has 0 saturated carbocycles. The second-order valence-electron chi connectivity index (χ2n) is 1.66. The van der Waals surface area contributed by atoms with Crippen molar-refractivity contribution in [2.24, 2.45) is 0 Å². The maximum absolute atomic E-state index is 10.6. The molecule has 0 aliphatic heterocycles. The highest BCUT2D eigenvalue weighted by atomic mass is 16.4. The molecule has 12 heavy (non-hydrogen) atoms. The summed E-state index contributed by atoms with van der Waals surface area (Å²) in [7, 11) is 0. The molecule has 0 aromatic carbocycles. The van der Waals surface area contributed by atoms with Gasteiger partial charge in [0.1, 0.15) is 25.7 Å². The fourth-order valence-corrected chi connectivity index (χ4v) is 0.343. The molecule has 0 aliphatic carbocycles. The van der Waals surface area contributed by atoms with Crippen LogP contribution in [-0.2, 0) is 4.79 Å². The molecule has 0 aliphatic rings. The van der Waals surface area contributed by atoms with Crippen LogP contribution in [0.1, 0.15) is 8.22 Å². The van der Waals surface area contributed by atoms with Gasteiger partial charge in [-0.15, -0.1) is 0 Å². The molecule has 0 amide bonds. The minimum absolute atomic E-state index is 2.30. The van der Waals surface area contributed by atoms with Crippen molar-refractivity contribution in [2.75, 3.05) is 6.58 Å². The summed E-state index contributed by atoms with van der Waals surface area (Å²) >= 11 is 0. The van der Waals surface area contributed by atoms with Crippen LogP contribution in [0.4, 0.5) is 0 Å². The molecule has 0 aromatic rings. The highest BCUT2D eigenvalue weighted by Gasteiger charge is 2.29. The molecule has 0 fully saturated rings. The molecule has 0 bridgehead atoms. The maximum Gasteiger partial charge on any atom is 0.151 e. The molecule has 5 atom stereocenters. The second-order valence-corrected chi connectivity index (χ2v) is 1.66. The minimum Gasteiger partial charge on any atom is -0.394 e. The van der Waals surface area contributed by atoms with Gasteiger partial charge in [-0.25, -0.2) is 0 Å². The zero-order chi connectivity index (χ0) is 15.2. The molecule has 0 radical (unpaired) electrons. The predicted molar refractivity (Wildman–Crippen MR) is 37.2 cm³/mol. The Morgan fingerprint density at radius 3 is 2.25 bits per heavy atom. The van der Waals surface area contributed by atoms with Gasteiger partial charge in [-0.3, -0.25) is 0 Å². The van der Waals surface area contributed by atoms with Gasteiger partial charge in [-0.05, 0) is 0 Å². The summed E-state index contributed by atoms with van der Waals surface area (Å²) in [5, 5.41) is 45.5. The first-order chi connectivity index (χ1) is 7.64. The Morgan fingerprint density at radius 1 is 1.42 bits per heavy atom. The molecule has 6 heteroatoms. The number of rotatable bonds is 5. The van der Waals surface area contributed by atoms with E-state index < -0.39 is 37.2 Å². The van der Waals surface area contributed by atoms with Crippen molar-refractivity contribution in [1.29, 1.82) is 0 Å². The third kappa shape index (κ3) is 2.84. The average Bonchev–Trinajstić information content (AvgIpc) is 2.15. The standard InChI is InChI=1S/C6H12O6/c7-1-3(9)5(11)6(12)4(10)2-8/h1,3-6,8-12H,2H2/t3-,4+,5+,6+/m0/s1/i1T,2T,3T,4T,5T,6T/t2-,3+,4-,5-,6-/m1. The highest BCUT2D eigenvalue weighted by Crippen LogP contribution is 2.02. The highest BCUT2D eigenvalue weighted by molar-refractivity contribution is 5.56. The van der Waals surface area contributed by atoms with Crippen LogP contribution in [0.15, 0.2) is 0 Å². The number of hydrogen-bond donors (Lipinski definition) is 5. The van der Waals surface area contributed by atoms with Crippen molar-refractivity contribution < 1.29 is 38.6 Å². The smallest absolute Gasteiger partial charge is 0.151 e. The largest absolute Gasteiger partial charge is 0.394 e. The van der Waals surface area contributed by atoms with Gasteiger partial charge < -0.3 is 30.3 Å². The SMILES string of the molecule is [3H]C(=O)[C@]([3H])(O)[C@@]([3H])(O)[C@]([3H])(O)[C@]([3H])(O)[C@@H]([3H])O. The van der Waals surface area contributed by atoms with Crippen molar-refractivity contribution in [3.8, 4) is 0 Å². The Balaban J connectivity index is 5.81.